The average Bonchev–Trinajstić information content (AvgIpc) is 2.90. The highest BCUT2D eigenvalue weighted by atomic mass is 16.2. The fourth-order valence-electron chi connectivity index (χ4n) is 4.16. The van der Waals surface area contributed by atoms with Gasteiger partial charge in [-0.05, 0) is 56.3 Å². The van der Waals surface area contributed by atoms with E-state index >= 15 is 0 Å². The number of fused-ring (bicyclic) bond motifs is 1. The lowest BCUT2D eigenvalue weighted by Crippen LogP contribution is -2.50. The number of nitrogens with zero attached hydrogens (tertiary/aromatic N) is 1. The molecule has 0 N–H and O–H groups in total. The molecule has 0 bridgehead atoms. The van der Waals surface area contributed by atoms with Gasteiger partial charge in [0.1, 0.15) is 0 Å². The first-order chi connectivity index (χ1) is 8.06. The molecule has 0 spiro atoms. The molecule has 2 saturated carbocycles. The van der Waals surface area contributed by atoms with Crippen LogP contribution in [0.1, 0.15) is 46.5 Å². The molecule has 96 valence electrons. The molecule has 2 nitrogen and oxygen atoms in total. The fraction of sp³-hybridized carbons (Fsp3) is 0.933. The van der Waals surface area contributed by atoms with E-state index in [1.54, 1.807) is 0 Å². The molecule has 2 heteroatoms. The maximum absolute atomic E-state index is 12.6. The summed E-state index contributed by atoms with van der Waals surface area (Å²) in [4.78, 5) is 14.8. The van der Waals surface area contributed by atoms with Crippen molar-refractivity contribution in [2.45, 2.75) is 52.5 Å². The fourth-order valence-corrected chi connectivity index (χ4v) is 4.16. The van der Waals surface area contributed by atoms with Crippen molar-refractivity contribution >= 4 is 5.91 Å². The Morgan fingerprint density at radius 2 is 1.65 bits per heavy atom. The number of carbonyl (C=O) groups is 1. The Kier molecular flexibility index (Phi) is 2.72. The summed E-state index contributed by atoms with van der Waals surface area (Å²) in [5.74, 6) is 4.03. The van der Waals surface area contributed by atoms with Crippen molar-refractivity contribution in [2.24, 2.45) is 29.6 Å². The second-order valence-corrected chi connectivity index (χ2v) is 6.97. The zero-order valence-corrected chi connectivity index (χ0v) is 11.4. The zero-order valence-electron chi connectivity index (χ0n) is 11.4. The third-order valence-electron chi connectivity index (χ3n) is 5.47. The van der Waals surface area contributed by atoms with Crippen molar-refractivity contribution in [3.8, 4) is 0 Å². The molecule has 5 atom stereocenters. The number of amides is 1. The Balaban J connectivity index is 1.67. The van der Waals surface area contributed by atoms with Gasteiger partial charge in [0.25, 0.3) is 0 Å². The monoisotopic (exact) mass is 235 g/mol. The topological polar surface area (TPSA) is 20.3 Å². The summed E-state index contributed by atoms with van der Waals surface area (Å²) in [6.45, 7) is 7.82. The van der Waals surface area contributed by atoms with Gasteiger partial charge in [0, 0.05) is 18.5 Å². The maximum atomic E-state index is 12.6. The zero-order chi connectivity index (χ0) is 12.2. The van der Waals surface area contributed by atoms with E-state index in [2.05, 4.69) is 25.7 Å². The summed E-state index contributed by atoms with van der Waals surface area (Å²) in [5, 5.41) is 0. The molecule has 5 unspecified atom stereocenters. The summed E-state index contributed by atoms with van der Waals surface area (Å²) in [6.07, 6.45) is 5.07. The predicted octanol–water partition coefficient (Wildman–Crippen LogP) is 2.93. The molecular weight excluding hydrogens is 210 g/mol. The lowest BCUT2D eigenvalue weighted by Gasteiger charge is -2.42. The van der Waals surface area contributed by atoms with Gasteiger partial charge in [-0.3, -0.25) is 4.79 Å². The first kappa shape index (κ1) is 11.6. The summed E-state index contributed by atoms with van der Waals surface area (Å²) >= 11 is 0. The molecule has 0 radical (unpaired) electrons. The van der Waals surface area contributed by atoms with Gasteiger partial charge in [0.2, 0.25) is 5.91 Å². The van der Waals surface area contributed by atoms with Crippen LogP contribution in [0, 0.1) is 29.6 Å². The summed E-state index contributed by atoms with van der Waals surface area (Å²) in [6, 6.07) is 0.454. The van der Waals surface area contributed by atoms with Crippen molar-refractivity contribution in [1.29, 1.82) is 0 Å². The average molecular weight is 235 g/mol. The smallest absolute Gasteiger partial charge is 0.225 e. The highest BCUT2D eigenvalue weighted by Gasteiger charge is 2.49. The number of hydrogen-bond donors (Lipinski definition) is 0. The van der Waals surface area contributed by atoms with Crippen LogP contribution in [0.3, 0.4) is 0 Å². The van der Waals surface area contributed by atoms with Crippen LogP contribution in [0.2, 0.25) is 0 Å². The number of hydrogen-bond acceptors (Lipinski definition) is 1. The van der Waals surface area contributed by atoms with Gasteiger partial charge in [-0.2, -0.15) is 0 Å². The van der Waals surface area contributed by atoms with Gasteiger partial charge in [-0.25, -0.2) is 0 Å². The van der Waals surface area contributed by atoms with Crippen LogP contribution in [0.4, 0.5) is 0 Å². The normalized spacial score (nSPS) is 49.0. The highest BCUT2D eigenvalue weighted by molar-refractivity contribution is 5.80. The molecule has 2 aliphatic carbocycles. The molecule has 3 fully saturated rings. The molecule has 3 rings (SSSR count). The van der Waals surface area contributed by atoms with Crippen molar-refractivity contribution in [1.82, 2.24) is 4.90 Å². The highest BCUT2D eigenvalue weighted by Crippen LogP contribution is 2.54. The SMILES string of the molecule is CC1CC(C)C(C)N(C(=O)C2CC3CC3C2)C1. The minimum absolute atomic E-state index is 0.374. The lowest BCUT2D eigenvalue weighted by atomic mass is 9.85. The molecule has 17 heavy (non-hydrogen) atoms. The van der Waals surface area contributed by atoms with Gasteiger partial charge in [0.15, 0.2) is 0 Å². The first-order valence-electron chi connectivity index (χ1n) is 7.36. The van der Waals surface area contributed by atoms with E-state index in [-0.39, 0.29) is 0 Å². The molecule has 1 amide bonds. The third-order valence-corrected chi connectivity index (χ3v) is 5.47. The van der Waals surface area contributed by atoms with Crippen LogP contribution >= 0.6 is 0 Å². The number of carbonyl (C=O) groups excluding carboxylic acids is 1. The Morgan fingerprint density at radius 3 is 2.29 bits per heavy atom. The Hall–Kier alpha value is -0.530. The molecule has 0 aromatic heterocycles. The van der Waals surface area contributed by atoms with Crippen LogP contribution in [-0.4, -0.2) is 23.4 Å². The second-order valence-electron chi connectivity index (χ2n) is 6.97. The molecule has 3 aliphatic rings. The first-order valence-corrected chi connectivity index (χ1v) is 7.36. The van der Waals surface area contributed by atoms with E-state index in [4.69, 9.17) is 0 Å². The van der Waals surface area contributed by atoms with E-state index in [1.807, 2.05) is 0 Å². The van der Waals surface area contributed by atoms with Crippen LogP contribution in [0.5, 0.6) is 0 Å². The van der Waals surface area contributed by atoms with Crippen molar-refractivity contribution in [3.05, 3.63) is 0 Å². The van der Waals surface area contributed by atoms with E-state index in [9.17, 15) is 4.79 Å². The van der Waals surface area contributed by atoms with Crippen LogP contribution in [0.15, 0.2) is 0 Å². The van der Waals surface area contributed by atoms with Crippen molar-refractivity contribution in [2.75, 3.05) is 6.54 Å². The van der Waals surface area contributed by atoms with E-state index in [1.165, 1.54) is 25.7 Å². The molecule has 1 saturated heterocycles. The third kappa shape index (κ3) is 2.00. The Labute approximate surface area is 105 Å². The minimum atomic E-state index is 0.374. The summed E-state index contributed by atoms with van der Waals surface area (Å²) < 4.78 is 0. The molecule has 1 heterocycles. The second kappa shape index (κ2) is 4.00. The minimum Gasteiger partial charge on any atom is -0.339 e. The number of likely N-dealkylation sites (tertiary alicyclic amines) is 1. The van der Waals surface area contributed by atoms with E-state index in [0.29, 0.717) is 29.7 Å². The maximum Gasteiger partial charge on any atom is 0.225 e. The quantitative estimate of drug-likeness (QED) is 0.684. The van der Waals surface area contributed by atoms with Gasteiger partial charge in [-0.1, -0.05) is 13.8 Å². The summed E-state index contributed by atoms with van der Waals surface area (Å²) in [7, 11) is 0. The van der Waals surface area contributed by atoms with Gasteiger partial charge in [-0.15, -0.1) is 0 Å². The summed E-state index contributed by atoms with van der Waals surface area (Å²) in [5.41, 5.74) is 0. The van der Waals surface area contributed by atoms with Crippen molar-refractivity contribution in [3.63, 3.8) is 0 Å². The van der Waals surface area contributed by atoms with Gasteiger partial charge >= 0.3 is 0 Å². The lowest BCUT2D eigenvalue weighted by molar-refractivity contribution is -0.141. The Morgan fingerprint density at radius 1 is 1.00 bits per heavy atom. The van der Waals surface area contributed by atoms with Crippen molar-refractivity contribution < 1.29 is 4.79 Å². The van der Waals surface area contributed by atoms with E-state index in [0.717, 1.165) is 18.4 Å². The van der Waals surface area contributed by atoms with Crippen LogP contribution < -0.4 is 0 Å². The number of rotatable bonds is 1. The van der Waals surface area contributed by atoms with E-state index < -0.39 is 0 Å². The molecule has 0 aromatic carbocycles. The van der Waals surface area contributed by atoms with Gasteiger partial charge in [0.05, 0.1) is 0 Å². The predicted molar refractivity (Wildman–Crippen MR) is 68.4 cm³/mol. The Bertz CT molecular complexity index is 317. The largest absolute Gasteiger partial charge is 0.339 e. The van der Waals surface area contributed by atoms with Gasteiger partial charge < -0.3 is 4.90 Å². The number of piperidine rings is 1. The van der Waals surface area contributed by atoms with Crippen LogP contribution in [-0.2, 0) is 4.79 Å². The molecule has 0 aromatic rings. The molecular formula is C15H25NO. The standard InChI is InChI=1S/C15H25NO/c1-9-4-10(2)11(3)16(8-9)15(17)14-6-12-5-13(12)7-14/h9-14H,4-8H2,1-3H3. The molecule has 1 aliphatic heterocycles. The van der Waals surface area contributed by atoms with Crippen LogP contribution in [0.25, 0.3) is 0 Å².